The molecule has 3 rings (SSSR count). The third-order valence-electron chi connectivity index (χ3n) is 3.33. The Balaban J connectivity index is 2.25. The van der Waals surface area contributed by atoms with Crippen molar-refractivity contribution in [1.82, 2.24) is 9.55 Å². The van der Waals surface area contributed by atoms with Gasteiger partial charge >= 0.3 is 6.09 Å². The predicted molar refractivity (Wildman–Crippen MR) is 91.5 cm³/mol. The molecule has 0 atom stereocenters. The van der Waals surface area contributed by atoms with Crippen LogP contribution in [0.3, 0.4) is 0 Å². The molecule has 0 aliphatic heterocycles. The van der Waals surface area contributed by atoms with Crippen molar-refractivity contribution in [2.75, 3.05) is 0 Å². The molecule has 0 unspecified atom stereocenters. The van der Waals surface area contributed by atoms with Crippen LogP contribution in [0.1, 0.15) is 26.5 Å². The normalized spacial score (nSPS) is 12.0. The highest BCUT2D eigenvalue weighted by atomic mass is 79.9. The van der Waals surface area contributed by atoms with Crippen LogP contribution in [0.4, 0.5) is 4.79 Å². The van der Waals surface area contributed by atoms with E-state index in [4.69, 9.17) is 4.74 Å². The fourth-order valence-corrected chi connectivity index (χ4v) is 2.89. The topological polar surface area (TPSA) is 44.1 Å². The van der Waals surface area contributed by atoms with Gasteiger partial charge in [0.25, 0.3) is 0 Å². The SMILES string of the molecule is CC(C)(C)OC(=O)n1ccc2c3ccccc3nc(CBr)c21. The molecule has 0 saturated heterocycles. The Hall–Kier alpha value is -1.88. The summed E-state index contributed by atoms with van der Waals surface area (Å²) in [6.45, 7) is 5.57. The molecule has 0 N–H and O–H groups in total. The number of para-hydroxylation sites is 1. The molecule has 114 valence electrons. The maximum atomic E-state index is 12.4. The first-order valence-corrected chi connectivity index (χ1v) is 8.21. The third kappa shape index (κ3) is 2.61. The number of ether oxygens (including phenoxy) is 1. The number of hydrogen-bond acceptors (Lipinski definition) is 3. The van der Waals surface area contributed by atoms with E-state index in [1.54, 1.807) is 6.20 Å². The van der Waals surface area contributed by atoms with Crippen LogP contribution in [-0.2, 0) is 10.1 Å². The summed E-state index contributed by atoms with van der Waals surface area (Å²) in [5.74, 6) is 0. The third-order valence-corrected chi connectivity index (χ3v) is 3.86. The van der Waals surface area contributed by atoms with Gasteiger partial charge in [-0.05, 0) is 32.9 Å². The van der Waals surface area contributed by atoms with Crippen molar-refractivity contribution in [3.8, 4) is 0 Å². The van der Waals surface area contributed by atoms with Gasteiger partial charge in [-0.1, -0.05) is 34.1 Å². The molecule has 0 aliphatic carbocycles. The zero-order valence-electron chi connectivity index (χ0n) is 12.8. The van der Waals surface area contributed by atoms with E-state index in [0.717, 1.165) is 27.5 Å². The van der Waals surface area contributed by atoms with E-state index in [2.05, 4.69) is 20.9 Å². The number of carbonyl (C=O) groups excluding carboxylic acids is 1. The lowest BCUT2D eigenvalue weighted by Crippen LogP contribution is -2.27. The number of fused-ring (bicyclic) bond motifs is 3. The van der Waals surface area contributed by atoms with Crippen molar-refractivity contribution in [3.63, 3.8) is 0 Å². The highest BCUT2D eigenvalue weighted by molar-refractivity contribution is 9.08. The monoisotopic (exact) mass is 360 g/mol. The van der Waals surface area contributed by atoms with Crippen LogP contribution in [0, 0.1) is 0 Å². The molecule has 0 saturated carbocycles. The second kappa shape index (κ2) is 5.39. The number of pyridine rings is 1. The lowest BCUT2D eigenvalue weighted by Gasteiger charge is -2.20. The van der Waals surface area contributed by atoms with Gasteiger partial charge in [0.15, 0.2) is 0 Å². The number of aromatic nitrogens is 2. The van der Waals surface area contributed by atoms with Crippen LogP contribution in [0.2, 0.25) is 0 Å². The highest BCUT2D eigenvalue weighted by Gasteiger charge is 2.21. The first-order chi connectivity index (χ1) is 10.4. The van der Waals surface area contributed by atoms with Crippen LogP contribution < -0.4 is 0 Å². The summed E-state index contributed by atoms with van der Waals surface area (Å²) in [6.07, 6.45) is 1.36. The van der Waals surface area contributed by atoms with E-state index in [0.29, 0.717) is 5.33 Å². The second-order valence-corrected chi connectivity index (χ2v) is 6.70. The summed E-state index contributed by atoms with van der Waals surface area (Å²) in [7, 11) is 0. The number of rotatable bonds is 1. The van der Waals surface area contributed by atoms with Gasteiger partial charge in [-0.15, -0.1) is 0 Å². The molecule has 0 amide bonds. The molecule has 22 heavy (non-hydrogen) atoms. The number of hydrogen-bond donors (Lipinski definition) is 0. The van der Waals surface area contributed by atoms with Crippen LogP contribution in [-0.4, -0.2) is 21.2 Å². The van der Waals surface area contributed by atoms with Crippen molar-refractivity contribution >= 4 is 43.8 Å². The van der Waals surface area contributed by atoms with Crippen LogP contribution in [0.5, 0.6) is 0 Å². The van der Waals surface area contributed by atoms with E-state index in [1.807, 2.05) is 51.1 Å². The minimum Gasteiger partial charge on any atom is -0.443 e. The standard InChI is InChI=1S/C17H17BrN2O2/c1-17(2,3)22-16(21)20-9-8-12-11-6-4-5-7-13(11)19-14(10-18)15(12)20/h4-9H,10H2,1-3H3. The predicted octanol–water partition coefficient (Wildman–Crippen LogP) is 4.87. The number of nitrogens with zero attached hydrogens (tertiary/aromatic N) is 2. The van der Waals surface area contributed by atoms with Gasteiger partial charge in [0, 0.05) is 22.3 Å². The van der Waals surface area contributed by atoms with Gasteiger partial charge in [0.05, 0.1) is 16.7 Å². The molecule has 0 radical (unpaired) electrons. The van der Waals surface area contributed by atoms with E-state index < -0.39 is 5.60 Å². The average Bonchev–Trinajstić information content (AvgIpc) is 2.90. The number of carbonyl (C=O) groups is 1. The molecule has 4 nitrogen and oxygen atoms in total. The highest BCUT2D eigenvalue weighted by Crippen LogP contribution is 2.29. The zero-order chi connectivity index (χ0) is 15.9. The summed E-state index contributed by atoms with van der Waals surface area (Å²) < 4.78 is 7.02. The molecule has 0 fully saturated rings. The Morgan fingerprint density at radius 2 is 1.95 bits per heavy atom. The molecule has 0 spiro atoms. The molecule has 0 aliphatic rings. The fraction of sp³-hybridized carbons (Fsp3) is 0.294. The minimum atomic E-state index is -0.535. The molecule has 2 heterocycles. The van der Waals surface area contributed by atoms with Crippen molar-refractivity contribution in [1.29, 1.82) is 0 Å². The van der Waals surface area contributed by atoms with Gasteiger partial charge in [0.2, 0.25) is 0 Å². The summed E-state index contributed by atoms with van der Waals surface area (Å²) in [5.41, 5.74) is 2.01. The molecule has 1 aromatic carbocycles. The Kier molecular flexibility index (Phi) is 3.68. The summed E-state index contributed by atoms with van der Waals surface area (Å²) in [4.78, 5) is 17.1. The summed E-state index contributed by atoms with van der Waals surface area (Å²) in [6, 6.07) is 9.87. The number of benzene rings is 1. The maximum absolute atomic E-state index is 12.4. The van der Waals surface area contributed by atoms with Crippen molar-refractivity contribution in [3.05, 3.63) is 42.2 Å². The minimum absolute atomic E-state index is 0.387. The van der Waals surface area contributed by atoms with E-state index in [1.165, 1.54) is 4.57 Å². The van der Waals surface area contributed by atoms with Gasteiger partial charge in [-0.3, -0.25) is 4.57 Å². The van der Waals surface area contributed by atoms with Crippen LogP contribution in [0.15, 0.2) is 36.5 Å². The first kappa shape index (κ1) is 15.0. The van der Waals surface area contributed by atoms with Gasteiger partial charge in [-0.2, -0.15) is 0 Å². The molecular formula is C17H17BrN2O2. The molecule has 2 aromatic heterocycles. The Bertz CT molecular complexity index is 862. The zero-order valence-corrected chi connectivity index (χ0v) is 14.3. The Morgan fingerprint density at radius 3 is 2.64 bits per heavy atom. The Labute approximate surface area is 137 Å². The van der Waals surface area contributed by atoms with E-state index >= 15 is 0 Å². The Morgan fingerprint density at radius 1 is 1.23 bits per heavy atom. The lowest BCUT2D eigenvalue weighted by molar-refractivity contribution is 0.0544. The smallest absolute Gasteiger partial charge is 0.419 e. The molecule has 0 bridgehead atoms. The average molecular weight is 361 g/mol. The van der Waals surface area contributed by atoms with Crippen LogP contribution in [0.25, 0.3) is 21.8 Å². The quantitative estimate of drug-likeness (QED) is 0.581. The lowest BCUT2D eigenvalue weighted by atomic mass is 10.1. The number of halogens is 1. The van der Waals surface area contributed by atoms with Crippen molar-refractivity contribution in [2.45, 2.75) is 31.7 Å². The van der Waals surface area contributed by atoms with Gasteiger partial charge in [0.1, 0.15) is 5.60 Å². The summed E-state index contributed by atoms with van der Waals surface area (Å²) in [5, 5.41) is 2.61. The van der Waals surface area contributed by atoms with Crippen LogP contribution >= 0.6 is 15.9 Å². The second-order valence-electron chi connectivity index (χ2n) is 6.14. The summed E-state index contributed by atoms with van der Waals surface area (Å²) >= 11 is 3.47. The first-order valence-electron chi connectivity index (χ1n) is 7.09. The largest absolute Gasteiger partial charge is 0.443 e. The van der Waals surface area contributed by atoms with Crippen molar-refractivity contribution < 1.29 is 9.53 Å². The molecular weight excluding hydrogens is 344 g/mol. The number of alkyl halides is 1. The van der Waals surface area contributed by atoms with E-state index in [9.17, 15) is 4.79 Å². The molecule has 3 aromatic rings. The molecule has 5 heteroatoms. The van der Waals surface area contributed by atoms with Gasteiger partial charge in [-0.25, -0.2) is 9.78 Å². The van der Waals surface area contributed by atoms with Crippen molar-refractivity contribution in [2.24, 2.45) is 0 Å². The fourth-order valence-electron chi connectivity index (χ4n) is 2.50. The maximum Gasteiger partial charge on any atom is 0.419 e. The van der Waals surface area contributed by atoms with E-state index in [-0.39, 0.29) is 6.09 Å². The van der Waals surface area contributed by atoms with Gasteiger partial charge < -0.3 is 4.74 Å².